The zero-order valence-corrected chi connectivity index (χ0v) is 17.5. The van der Waals surface area contributed by atoms with Gasteiger partial charge in [-0.1, -0.05) is 36.6 Å². The second-order valence-corrected chi connectivity index (χ2v) is 8.38. The van der Waals surface area contributed by atoms with E-state index in [2.05, 4.69) is 9.88 Å². The molecule has 2 aromatic rings. The number of ether oxygens (including phenoxy) is 2. The van der Waals surface area contributed by atoms with Gasteiger partial charge >= 0.3 is 5.97 Å². The van der Waals surface area contributed by atoms with Gasteiger partial charge in [0.25, 0.3) is 0 Å². The molecule has 4 rings (SSSR count). The van der Waals surface area contributed by atoms with Crippen LogP contribution in [0.25, 0.3) is 0 Å². The number of piperidine rings is 1. The van der Waals surface area contributed by atoms with E-state index in [1.165, 1.54) is 0 Å². The maximum Gasteiger partial charge on any atom is 0.316 e. The number of nitrogens with zero attached hydrogens (tertiary/aromatic N) is 2. The summed E-state index contributed by atoms with van der Waals surface area (Å²) in [7, 11) is 1.65. The number of hydrogen-bond donors (Lipinski definition) is 0. The number of anilines is 1. The zero-order chi connectivity index (χ0) is 20.3. The van der Waals surface area contributed by atoms with Crippen LogP contribution in [-0.4, -0.2) is 37.3 Å². The van der Waals surface area contributed by atoms with Crippen LogP contribution in [-0.2, 0) is 14.9 Å². The molecule has 0 bridgehead atoms. The topological polar surface area (TPSA) is 51.7 Å². The Morgan fingerprint density at radius 2 is 1.79 bits per heavy atom. The van der Waals surface area contributed by atoms with Gasteiger partial charge in [-0.05, 0) is 42.7 Å². The average Bonchev–Trinajstić information content (AvgIpc) is 3.26. The van der Waals surface area contributed by atoms with E-state index in [1.54, 1.807) is 13.3 Å². The number of hydrogen-bond acceptors (Lipinski definition) is 5. The third-order valence-corrected chi connectivity index (χ3v) is 6.47. The van der Waals surface area contributed by atoms with E-state index in [0.717, 1.165) is 68.7 Å². The monoisotopic (exact) mass is 414 g/mol. The Hall–Kier alpha value is -2.27. The summed E-state index contributed by atoms with van der Waals surface area (Å²) in [6.45, 7) is 1.64. The highest BCUT2D eigenvalue weighted by molar-refractivity contribution is 6.30. The molecule has 0 amide bonds. The summed E-state index contributed by atoms with van der Waals surface area (Å²) in [4.78, 5) is 19.9. The quantitative estimate of drug-likeness (QED) is 0.660. The minimum Gasteiger partial charge on any atom is -0.497 e. The van der Waals surface area contributed by atoms with Crippen LogP contribution in [0.4, 0.5) is 5.82 Å². The molecule has 1 aromatic carbocycles. The number of halogens is 1. The minimum absolute atomic E-state index is 0.0400. The van der Waals surface area contributed by atoms with E-state index in [0.29, 0.717) is 5.02 Å². The summed E-state index contributed by atoms with van der Waals surface area (Å²) in [5.41, 5.74) is 0.532. The molecule has 0 radical (unpaired) electrons. The zero-order valence-electron chi connectivity index (χ0n) is 16.8. The van der Waals surface area contributed by atoms with Crippen molar-refractivity contribution in [2.75, 3.05) is 25.1 Å². The molecule has 0 atom stereocenters. The SMILES string of the molecule is COc1ccc(C2(C(=O)OC3CCN(c4ccc(Cl)cn4)CC3)CCCC2)cc1. The van der Waals surface area contributed by atoms with Crippen molar-refractivity contribution in [3.63, 3.8) is 0 Å². The fourth-order valence-corrected chi connectivity index (χ4v) is 4.63. The number of carbonyl (C=O) groups is 1. The molecule has 154 valence electrons. The van der Waals surface area contributed by atoms with Gasteiger partial charge in [0, 0.05) is 32.1 Å². The number of carbonyl (C=O) groups excluding carboxylic acids is 1. The van der Waals surface area contributed by atoms with Crippen LogP contribution in [0.15, 0.2) is 42.6 Å². The van der Waals surface area contributed by atoms with Gasteiger partial charge in [-0.2, -0.15) is 0 Å². The van der Waals surface area contributed by atoms with E-state index < -0.39 is 5.41 Å². The van der Waals surface area contributed by atoms with Crippen molar-refractivity contribution in [1.82, 2.24) is 4.98 Å². The summed E-state index contributed by atoms with van der Waals surface area (Å²) < 4.78 is 11.3. The number of esters is 1. The van der Waals surface area contributed by atoms with E-state index in [9.17, 15) is 4.79 Å². The van der Waals surface area contributed by atoms with Gasteiger partial charge in [-0.3, -0.25) is 4.79 Å². The Balaban J connectivity index is 1.40. The van der Waals surface area contributed by atoms with E-state index in [4.69, 9.17) is 21.1 Å². The third-order valence-electron chi connectivity index (χ3n) is 6.24. The molecule has 5 nitrogen and oxygen atoms in total. The Labute approximate surface area is 177 Å². The van der Waals surface area contributed by atoms with Gasteiger partial charge in [0.05, 0.1) is 17.5 Å². The van der Waals surface area contributed by atoms with E-state index in [1.807, 2.05) is 36.4 Å². The standard InChI is InChI=1S/C23H27ClN2O3/c1-28-19-7-4-17(5-8-19)23(12-2-3-13-23)22(27)29-20-10-14-26(15-11-20)21-9-6-18(24)16-25-21/h4-9,16,20H,2-3,10-15H2,1H3. The number of methoxy groups -OCH3 is 1. The third kappa shape index (κ3) is 4.20. The smallest absolute Gasteiger partial charge is 0.316 e. The average molecular weight is 415 g/mol. The summed E-state index contributed by atoms with van der Waals surface area (Å²) in [5, 5.41) is 0.637. The van der Waals surface area contributed by atoms with Gasteiger partial charge in [-0.15, -0.1) is 0 Å². The summed E-state index contributed by atoms with van der Waals surface area (Å²) in [5.74, 6) is 1.66. The second-order valence-electron chi connectivity index (χ2n) is 7.94. The van der Waals surface area contributed by atoms with Crippen LogP contribution < -0.4 is 9.64 Å². The lowest BCUT2D eigenvalue weighted by atomic mass is 9.79. The maximum absolute atomic E-state index is 13.3. The summed E-state index contributed by atoms with van der Waals surface area (Å²) in [6.07, 6.45) is 7.08. The maximum atomic E-state index is 13.3. The van der Waals surface area contributed by atoms with Crippen molar-refractivity contribution >= 4 is 23.4 Å². The Kier molecular flexibility index (Phi) is 5.95. The highest BCUT2D eigenvalue weighted by Gasteiger charge is 2.45. The number of benzene rings is 1. The first-order valence-corrected chi connectivity index (χ1v) is 10.7. The van der Waals surface area contributed by atoms with Gasteiger partial charge in [0.2, 0.25) is 0 Å². The fraction of sp³-hybridized carbons (Fsp3) is 0.478. The molecule has 1 saturated heterocycles. The van der Waals surface area contributed by atoms with Crippen LogP contribution >= 0.6 is 11.6 Å². The Morgan fingerprint density at radius 1 is 1.10 bits per heavy atom. The molecule has 1 aliphatic carbocycles. The molecule has 29 heavy (non-hydrogen) atoms. The molecule has 2 heterocycles. The van der Waals surface area contributed by atoms with Crippen molar-refractivity contribution in [3.8, 4) is 5.75 Å². The Bertz CT molecular complexity index is 824. The van der Waals surface area contributed by atoms with Gasteiger partial charge in [-0.25, -0.2) is 4.98 Å². The van der Waals surface area contributed by atoms with Gasteiger partial charge in [0.1, 0.15) is 17.7 Å². The Morgan fingerprint density at radius 3 is 2.38 bits per heavy atom. The molecule has 0 N–H and O–H groups in total. The largest absolute Gasteiger partial charge is 0.497 e. The fourth-order valence-electron chi connectivity index (χ4n) is 4.52. The number of aromatic nitrogens is 1. The molecule has 6 heteroatoms. The lowest BCUT2D eigenvalue weighted by molar-refractivity contribution is -0.157. The van der Waals surface area contributed by atoms with Crippen LogP contribution in [0.1, 0.15) is 44.1 Å². The summed E-state index contributed by atoms with van der Waals surface area (Å²) in [6, 6.07) is 11.7. The normalized spacial score (nSPS) is 19.2. The van der Waals surface area contributed by atoms with Crippen LogP contribution in [0.3, 0.4) is 0 Å². The van der Waals surface area contributed by atoms with Crippen LogP contribution in [0, 0.1) is 0 Å². The molecular weight excluding hydrogens is 388 g/mol. The summed E-state index contributed by atoms with van der Waals surface area (Å²) >= 11 is 5.93. The minimum atomic E-state index is -0.513. The van der Waals surface area contributed by atoms with Crippen molar-refractivity contribution in [3.05, 3.63) is 53.2 Å². The van der Waals surface area contributed by atoms with Crippen LogP contribution in [0.5, 0.6) is 5.75 Å². The lowest BCUT2D eigenvalue weighted by Gasteiger charge is -2.35. The second kappa shape index (κ2) is 8.62. The molecule has 1 aromatic heterocycles. The van der Waals surface area contributed by atoms with Crippen molar-refractivity contribution < 1.29 is 14.3 Å². The molecular formula is C23H27ClN2O3. The molecule has 0 unspecified atom stereocenters. The van der Waals surface area contributed by atoms with Gasteiger partial charge in [0.15, 0.2) is 0 Å². The van der Waals surface area contributed by atoms with E-state index >= 15 is 0 Å². The van der Waals surface area contributed by atoms with Crippen LogP contribution in [0.2, 0.25) is 5.02 Å². The first kappa shape index (κ1) is 20.0. The molecule has 1 aliphatic heterocycles. The van der Waals surface area contributed by atoms with Crippen molar-refractivity contribution in [2.24, 2.45) is 0 Å². The molecule has 0 spiro atoms. The van der Waals surface area contributed by atoms with Gasteiger partial charge < -0.3 is 14.4 Å². The molecule has 2 fully saturated rings. The lowest BCUT2D eigenvalue weighted by Crippen LogP contribution is -2.42. The van der Waals surface area contributed by atoms with E-state index in [-0.39, 0.29) is 12.1 Å². The predicted molar refractivity (Wildman–Crippen MR) is 114 cm³/mol. The first-order chi connectivity index (χ1) is 14.1. The van der Waals surface area contributed by atoms with Crippen molar-refractivity contribution in [1.29, 1.82) is 0 Å². The number of pyridine rings is 1. The highest BCUT2D eigenvalue weighted by Crippen LogP contribution is 2.43. The predicted octanol–water partition coefficient (Wildman–Crippen LogP) is 4.77. The van der Waals surface area contributed by atoms with Crippen molar-refractivity contribution in [2.45, 2.75) is 50.0 Å². The number of rotatable bonds is 5. The molecule has 2 aliphatic rings. The first-order valence-electron chi connectivity index (χ1n) is 10.3. The highest BCUT2D eigenvalue weighted by atomic mass is 35.5. The molecule has 1 saturated carbocycles.